The number of carbonyl (C=O) groups excluding carboxylic acids is 2. The molecule has 1 amide bonds. The number of methoxy groups -OCH3 is 1. The van der Waals surface area contributed by atoms with Crippen molar-refractivity contribution < 1.29 is 14.3 Å². The molecule has 1 fully saturated rings. The standard InChI is InChI=1S/C20H26N4O3S/c1-4-10-24(11-5-2)14-16-9-7-6-8-15(16)13-21-23-20-22-19(26)17(28-20)12-18(25)27-3/h6-9,12-13H,4-5,10-11,14H2,1-3H3,(H,22,23,26)/b17-12+,21-13?. The van der Waals surface area contributed by atoms with Crippen molar-refractivity contribution in [1.82, 2.24) is 10.2 Å². The molecule has 28 heavy (non-hydrogen) atoms. The summed E-state index contributed by atoms with van der Waals surface area (Å²) in [6, 6.07) is 8.07. The third kappa shape index (κ3) is 6.61. The van der Waals surface area contributed by atoms with Crippen LogP contribution in [-0.2, 0) is 20.9 Å². The van der Waals surface area contributed by atoms with Gasteiger partial charge >= 0.3 is 5.97 Å². The number of hydrogen-bond acceptors (Lipinski definition) is 7. The smallest absolute Gasteiger partial charge is 0.331 e. The summed E-state index contributed by atoms with van der Waals surface area (Å²) in [6.07, 6.45) is 5.05. The van der Waals surface area contributed by atoms with Gasteiger partial charge in [-0.05, 0) is 48.8 Å². The molecule has 0 spiro atoms. The first kappa shape index (κ1) is 21.8. The summed E-state index contributed by atoms with van der Waals surface area (Å²) in [4.78, 5) is 25.8. The Kier molecular flexibility index (Phi) is 8.90. The molecule has 1 aliphatic heterocycles. The van der Waals surface area contributed by atoms with Gasteiger partial charge in [0.05, 0.1) is 18.2 Å². The number of ether oxygens (including phenoxy) is 1. The largest absolute Gasteiger partial charge is 0.466 e. The van der Waals surface area contributed by atoms with Crippen molar-refractivity contribution >= 4 is 35.0 Å². The highest BCUT2D eigenvalue weighted by Gasteiger charge is 2.25. The molecule has 0 saturated carbocycles. The average Bonchev–Trinajstić information content (AvgIpc) is 3.02. The van der Waals surface area contributed by atoms with Crippen molar-refractivity contribution in [3.8, 4) is 0 Å². The number of nitrogens with zero attached hydrogens (tertiary/aromatic N) is 3. The van der Waals surface area contributed by atoms with Gasteiger partial charge < -0.3 is 4.74 Å². The molecule has 0 aliphatic carbocycles. The van der Waals surface area contributed by atoms with Crippen molar-refractivity contribution in [1.29, 1.82) is 0 Å². The average molecular weight is 403 g/mol. The van der Waals surface area contributed by atoms with Crippen molar-refractivity contribution in [2.45, 2.75) is 33.2 Å². The fraction of sp³-hybridized carbons (Fsp3) is 0.400. The SMILES string of the molecule is CCCN(CCC)Cc1ccccc1C=N/N=C1/NC(=O)/C(=C\C(=O)OC)S1. The molecule has 8 heteroatoms. The minimum Gasteiger partial charge on any atom is -0.466 e. The lowest BCUT2D eigenvalue weighted by molar-refractivity contribution is -0.135. The van der Waals surface area contributed by atoms with Gasteiger partial charge in [0.1, 0.15) is 0 Å². The van der Waals surface area contributed by atoms with Crippen LogP contribution in [0.4, 0.5) is 0 Å². The van der Waals surface area contributed by atoms with Gasteiger partial charge in [-0.1, -0.05) is 38.1 Å². The van der Waals surface area contributed by atoms with Crippen LogP contribution in [0.3, 0.4) is 0 Å². The highest BCUT2D eigenvalue weighted by molar-refractivity contribution is 8.18. The predicted molar refractivity (Wildman–Crippen MR) is 113 cm³/mol. The first-order chi connectivity index (χ1) is 13.6. The maximum atomic E-state index is 11.8. The highest BCUT2D eigenvalue weighted by Crippen LogP contribution is 2.23. The second-order valence-electron chi connectivity index (χ2n) is 6.21. The summed E-state index contributed by atoms with van der Waals surface area (Å²) >= 11 is 1.05. The quantitative estimate of drug-likeness (QED) is 0.297. The summed E-state index contributed by atoms with van der Waals surface area (Å²) in [5, 5.41) is 11.1. The minimum absolute atomic E-state index is 0.232. The second-order valence-corrected chi connectivity index (χ2v) is 7.24. The van der Waals surface area contributed by atoms with Crippen LogP contribution in [0.1, 0.15) is 37.8 Å². The Hall–Kier alpha value is -2.45. The first-order valence-electron chi connectivity index (χ1n) is 9.27. The van der Waals surface area contributed by atoms with E-state index in [4.69, 9.17) is 0 Å². The van der Waals surface area contributed by atoms with E-state index >= 15 is 0 Å². The van der Waals surface area contributed by atoms with E-state index in [1.54, 1.807) is 6.21 Å². The Bertz CT molecular complexity index is 783. The Labute approximate surface area is 169 Å². The van der Waals surface area contributed by atoms with Crippen LogP contribution >= 0.6 is 11.8 Å². The zero-order chi connectivity index (χ0) is 20.4. The Morgan fingerprint density at radius 3 is 2.64 bits per heavy atom. The number of thioether (sulfide) groups is 1. The van der Waals surface area contributed by atoms with Gasteiger partial charge in [0.2, 0.25) is 0 Å². The number of esters is 1. The second kappa shape index (κ2) is 11.4. The molecular weight excluding hydrogens is 376 g/mol. The number of rotatable bonds is 9. The van der Waals surface area contributed by atoms with Crippen molar-refractivity contribution in [2.75, 3.05) is 20.2 Å². The predicted octanol–water partition coefficient (Wildman–Crippen LogP) is 2.92. The van der Waals surface area contributed by atoms with Gasteiger partial charge in [-0.3, -0.25) is 15.0 Å². The minimum atomic E-state index is -0.583. The zero-order valence-electron chi connectivity index (χ0n) is 16.5. The van der Waals surface area contributed by atoms with Crippen molar-refractivity contribution in [3.63, 3.8) is 0 Å². The number of hydrogen-bond donors (Lipinski definition) is 1. The van der Waals surface area contributed by atoms with Crippen LogP contribution < -0.4 is 5.32 Å². The maximum absolute atomic E-state index is 11.8. The van der Waals surface area contributed by atoms with Crippen LogP contribution in [0.5, 0.6) is 0 Å². The van der Waals surface area contributed by atoms with Gasteiger partial charge in [0.25, 0.3) is 5.91 Å². The molecule has 0 bridgehead atoms. The molecule has 1 heterocycles. The van der Waals surface area contributed by atoms with Crippen LogP contribution in [0.2, 0.25) is 0 Å². The molecule has 2 rings (SSSR count). The molecule has 150 valence electrons. The molecule has 1 aromatic rings. The number of amidine groups is 1. The Balaban J connectivity index is 2.08. The summed E-state index contributed by atoms with van der Waals surface area (Å²) in [6.45, 7) is 7.34. The summed E-state index contributed by atoms with van der Waals surface area (Å²) < 4.78 is 4.53. The molecule has 0 atom stereocenters. The first-order valence-corrected chi connectivity index (χ1v) is 10.1. The van der Waals surface area contributed by atoms with Crippen LogP contribution in [-0.4, -0.2) is 48.4 Å². The molecule has 1 saturated heterocycles. The number of carbonyl (C=O) groups is 2. The molecule has 1 aliphatic rings. The summed E-state index contributed by atoms with van der Waals surface area (Å²) in [5.74, 6) is -0.973. The molecule has 7 nitrogen and oxygen atoms in total. The van der Waals surface area contributed by atoms with Crippen LogP contribution in [0.15, 0.2) is 45.4 Å². The zero-order valence-corrected chi connectivity index (χ0v) is 17.3. The van der Waals surface area contributed by atoms with Gasteiger partial charge in [-0.2, -0.15) is 5.10 Å². The topological polar surface area (TPSA) is 83.4 Å². The Morgan fingerprint density at radius 2 is 1.96 bits per heavy atom. The van der Waals surface area contributed by atoms with Gasteiger partial charge in [-0.15, -0.1) is 5.10 Å². The lowest BCUT2D eigenvalue weighted by Gasteiger charge is -2.21. The van der Waals surface area contributed by atoms with Crippen molar-refractivity contribution in [3.05, 3.63) is 46.4 Å². The van der Waals surface area contributed by atoms with E-state index in [9.17, 15) is 9.59 Å². The van der Waals surface area contributed by atoms with E-state index in [1.807, 2.05) is 18.2 Å². The number of benzene rings is 1. The maximum Gasteiger partial charge on any atom is 0.331 e. The highest BCUT2D eigenvalue weighted by atomic mass is 32.2. The third-order valence-corrected chi connectivity index (χ3v) is 4.88. The number of amides is 1. The van der Waals surface area contributed by atoms with Crippen LogP contribution in [0.25, 0.3) is 0 Å². The number of nitrogens with one attached hydrogen (secondary N) is 1. The van der Waals surface area contributed by atoms with Crippen LogP contribution in [0, 0.1) is 0 Å². The lowest BCUT2D eigenvalue weighted by Crippen LogP contribution is -2.25. The molecule has 1 aromatic carbocycles. The fourth-order valence-electron chi connectivity index (χ4n) is 2.73. The molecular formula is C20H26N4O3S. The molecule has 0 aromatic heterocycles. The van der Waals surface area contributed by atoms with Crippen molar-refractivity contribution in [2.24, 2.45) is 10.2 Å². The van der Waals surface area contributed by atoms with E-state index in [0.29, 0.717) is 5.17 Å². The molecule has 0 radical (unpaired) electrons. The molecule has 0 unspecified atom stereocenters. The molecule has 1 N–H and O–H groups in total. The van der Waals surface area contributed by atoms with Gasteiger partial charge in [0.15, 0.2) is 5.17 Å². The lowest BCUT2D eigenvalue weighted by atomic mass is 10.1. The monoisotopic (exact) mass is 402 g/mol. The van der Waals surface area contributed by atoms with Gasteiger partial charge in [0, 0.05) is 12.6 Å². The van der Waals surface area contributed by atoms with Gasteiger partial charge in [-0.25, -0.2) is 4.79 Å². The third-order valence-electron chi connectivity index (χ3n) is 3.98. The van der Waals surface area contributed by atoms with E-state index in [0.717, 1.165) is 55.9 Å². The van der Waals surface area contributed by atoms with E-state index in [1.165, 1.54) is 12.7 Å². The van der Waals surface area contributed by atoms with E-state index in [2.05, 4.69) is 45.1 Å². The summed E-state index contributed by atoms with van der Waals surface area (Å²) in [5.41, 5.74) is 2.17. The fourth-order valence-corrected chi connectivity index (χ4v) is 3.47. The van der Waals surface area contributed by atoms with E-state index < -0.39 is 5.97 Å². The Morgan fingerprint density at radius 1 is 1.25 bits per heavy atom. The van der Waals surface area contributed by atoms with E-state index in [-0.39, 0.29) is 10.8 Å². The normalized spacial score (nSPS) is 17.1. The summed E-state index contributed by atoms with van der Waals surface area (Å²) in [7, 11) is 1.26.